The minimum absolute atomic E-state index is 0.459. The van der Waals surface area contributed by atoms with Gasteiger partial charge in [-0.3, -0.25) is 9.80 Å². The molecule has 0 bridgehead atoms. The fourth-order valence-electron chi connectivity index (χ4n) is 4.50. The Morgan fingerprint density at radius 2 is 1.52 bits per heavy atom. The number of rotatable bonds is 3. The summed E-state index contributed by atoms with van der Waals surface area (Å²) in [5.41, 5.74) is 6.04. The molecule has 3 saturated heterocycles. The molecule has 0 aromatic heterocycles. The van der Waals surface area contributed by atoms with Crippen LogP contribution in [0.1, 0.15) is 45.4 Å². The van der Waals surface area contributed by atoms with Crippen molar-refractivity contribution in [3.05, 3.63) is 0 Å². The van der Waals surface area contributed by atoms with E-state index in [0.717, 1.165) is 12.1 Å². The van der Waals surface area contributed by atoms with Crippen molar-refractivity contribution in [2.45, 2.75) is 63.6 Å². The van der Waals surface area contributed by atoms with Crippen molar-refractivity contribution in [1.29, 1.82) is 0 Å². The first-order chi connectivity index (χ1) is 10.3. The van der Waals surface area contributed by atoms with E-state index in [4.69, 9.17) is 5.73 Å². The molecule has 0 spiro atoms. The van der Waals surface area contributed by atoms with E-state index in [2.05, 4.69) is 21.6 Å². The summed E-state index contributed by atoms with van der Waals surface area (Å²) in [5.74, 6) is 0. The average molecular weight is 294 g/mol. The van der Waals surface area contributed by atoms with Crippen LogP contribution in [0.3, 0.4) is 0 Å². The monoisotopic (exact) mass is 294 g/mol. The van der Waals surface area contributed by atoms with Crippen LogP contribution in [0.5, 0.6) is 0 Å². The zero-order chi connectivity index (χ0) is 14.7. The smallest absolute Gasteiger partial charge is 0.0235 e. The predicted molar refractivity (Wildman–Crippen MR) is 88.5 cm³/mol. The molecule has 122 valence electrons. The van der Waals surface area contributed by atoms with Crippen LogP contribution in [0.4, 0.5) is 0 Å². The van der Waals surface area contributed by atoms with Crippen LogP contribution in [-0.4, -0.2) is 78.6 Å². The topological polar surface area (TPSA) is 35.7 Å². The molecule has 2 N–H and O–H groups in total. The Morgan fingerprint density at radius 1 is 0.810 bits per heavy atom. The zero-order valence-electron chi connectivity index (χ0n) is 13.8. The standard InChI is InChI=1S/C17H34N4/c1-2-19-9-3-4-16(7-10-19)21-13-8-17(14-21)20-11-5-15(18)6-12-20/h15-17H,2-14,18H2,1H3. The van der Waals surface area contributed by atoms with Crippen molar-refractivity contribution >= 4 is 0 Å². The molecule has 0 saturated carbocycles. The maximum absolute atomic E-state index is 6.04. The number of hydrogen-bond donors (Lipinski definition) is 1. The van der Waals surface area contributed by atoms with Crippen LogP contribution < -0.4 is 5.73 Å². The lowest BCUT2D eigenvalue weighted by Crippen LogP contribution is -2.46. The van der Waals surface area contributed by atoms with Gasteiger partial charge < -0.3 is 10.6 Å². The van der Waals surface area contributed by atoms with Gasteiger partial charge in [0, 0.05) is 31.2 Å². The quantitative estimate of drug-likeness (QED) is 0.852. The van der Waals surface area contributed by atoms with Gasteiger partial charge in [-0.15, -0.1) is 0 Å². The molecule has 4 nitrogen and oxygen atoms in total. The van der Waals surface area contributed by atoms with Crippen LogP contribution in [0.15, 0.2) is 0 Å². The van der Waals surface area contributed by atoms with Crippen molar-refractivity contribution in [3.63, 3.8) is 0 Å². The highest BCUT2D eigenvalue weighted by Crippen LogP contribution is 2.25. The fourth-order valence-corrected chi connectivity index (χ4v) is 4.50. The van der Waals surface area contributed by atoms with Gasteiger partial charge in [0.2, 0.25) is 0 Å². The lowest BCUT2D eigenvalue weighted by molar-refractivity contribution is 0.140. The Morgan fingerprint density at radius 3 is 2.29 bits per heavy atom. The zero-order valence-corrected chi connectivity index (χ0v) is 13.8. The molecule has 2 unspecified atom stereocenters. The van der Waals surface area contributed by atoms with Crippen LogP contribution in [-0.2, 0) is 0 Å². The van der Waals surface area contributed by atoms with Gasteiger partial charge in [-0.1, -0.05) is 6.92 Å². The number of piperidine rings is 1. The highest BCUT2D eigenvalue weighted by molar-refractivity contribution is 4.90. The molecular formula is C17H34N4. The third-order valence-electron chi connectivity index (χ3n) is 6.04. The lowest BCUT2D eigenvalue weighted by atomic mass is 10.0. The number of likely N-dealkylation sites (tertiary alicyclic amines) is 3. The number of nitrogens with two attached hydrogens (primary N) is 1. The van der Waals surface area contributed by atoms with Gasteiger partial charge in [-0.05, 0) is 71.2 Å². The van der Waals surface area contributed by atoms with E-state index in [1.807, 2.05) is 0 Å². The van der Waals surface area contributed by atoms with E-state index in [-0.39, 0.29) is 0 Å². The van der Waals surface area contributed by atoms with E-state index < -0.39 is 0 Å². The van der Waals surface area contributed by atoms with Crippen molar-refractivity contribution < 1.29 is 0 Å². The summed E-state index contributed by atoms with van der Waals surface area (Å²) in [6.45, 7) is 11.2. The molecule has 3 rings (SSSR count). The minimum atomic E-state index is 0.459. The predicted octanol–water partition coefficient (Wildman–Crippen LogP) is 1.36. The highest BCUT2D eigenvalue weighted by Gasteiger charge is 2.33. The molecular weight excluding hydrogens is 260 g/mol. The summed E-state index contributed by atoms with van der Waals surface area (Å²) in [6.07, 6.45) is 7.96. The van der Waals surface area contributed by atoms with Gasteiger partial charge in [0.1, 0.15) is 0 Å². The molecule has 0 amide bonds. The fraction of sp³-hybridized carbons (Fsp3) is 1.00. The van der Waals surface area contributed by atoms with Crippen LogP contribution in [0, 0.1) is 0 Å². The largest absolute Gasteiger partial charge is 0.328 e. The summed E-state index contributed by atoms with van der Waals surface area (Å²) in [7, 11) is 0. The Balaban J connectivity index is 1.47. The molecule has 3 heterocycles. The molecule has 0 radical (unpaired) electrons. The van der Waals surface area contributed by atoms with Crippen LogP contribution in [0.25, 0.3) is 0 Å². The van der Waals surface area contributed by atoms with Crippen molar-refractivity contribution in [2.24, 2.45) is 5.73 Å². The molecule has 0 aliphatic carbocycles. The normalized spacial score (nSPS) is 35.1. The van der Waals surface area contributed by atoms with E-state index in [1.54, 1.807) is 0 Å². The summed E-state index contributed by atoms with van der Waals surface area (Å²) in [6, 6.07) is 2.11. The summed E-state index contributed by atoms with van der Waals surface area (Å²) >= 11 is 0. The van der Waals surface area contributed by atoms with Crippen LogP contribution >= 0.6 is 0 Å². The van der Waals surface area contributed by atoms with Gasteiger partial charge in [0.05, 0.1) is 0 Å². The Kier molecular flexibility index (Phi) is 5.54. The maximum Gasteiger partial charge on any atom is 0.0235 e. The first kappa shape index (κ1) is 15.7. The second-order valence-electron chi connectivity index (χ2n) is 7.33. The first-order valence-electron chi connectivity index (χ1n) is 9.22. The number of nitrogens with zero attached hydrogens (tertiary/aromatic N) is 3. The second kappa shape index (κ2) is 7.40. The molecule has 21 heavy (non-hydrogen) atoms. The summed E-state index contributed by atoms with van der Waals surface area (Å²) < 4.78 is 0. The van der Waals surface area contributed by atoms with E-state index >= 15 is 0 Å². The minimum Gasteiger partial charge on any atom is -0.328 e. The van der Waals surface area contributed by atoms with Gasteiger partial charge in [-0.2, -0.15) is 0 Å². The third-order valence-corrected chi connectivity index (χ3v) is 6.04. The van der Waals surface area contributed by atoms with Gasteiger partial charge in [-0.25, -0.2) is 0 Å². The van der Waals surface area contributed by atoms with Gasteiger partial charge in [0.25, 0.3) is 0 Å². The molecule has 3 aliphatic heterocycles. The van der Waals surface area contributed by atoms with E-state index in [1.165, 1.54) is 84.3 Å². The highest BCUT2D eigenvalue weighted by atomic mass is 15.3. The molecule has 0 aromatic carbocycles. The average Bonchev–Trinajstić information content (AvgIpc) is 2.87. The van der Waals surface area contributed by atoms with E-state index in [0.29, 0.717) is 6.04 Å². The number of hydrogen-bond acceptors (Lipinski definition) is 4. The first-order valence-corrected chi connectivity index (χ1v) is 9.22. The molecule has 4 heteroatoms. The van der Waals surface area contributed by atoms with Crippen molar-refractivity contribution in [1.82, 2.24) is 14.7 Å². The van der Waals surface area contributed by atoms with Crippen LogP contribution in [0.2, 0.25) is 0 Å². The molecule has 3 aliphatic rings. The Bertz CT molecular complexity index is 314. The third kappa shape index (κ3) is 3.98. The van der Waals surface area contributed by atoms with E-state index in [9.17, 15) is 0 Å². The lowest BCUT2D eigenvalue weighted by Gasteiger charge is -2.35. The summed E-state index contributed by atoms with van der Waals surface area (Å²) in [5, 5.41) is 0. The summed E-state index contributed by atoms with van der Waals surface area (Å²) in [4.78, 5) is 8.15. The SMILES string of the molecule is CCN1CCCC(N2CCC(N3CCC(N)CC3)C2)CC1. The van der Waals surface area contributed by atoms with Crippen molar-refractivity contribution in [3.8, 4) is 0 Å². The van der Waals surface area contributed by atoms with Crippen molar-refractivity contribution in [2.75, 3.05) is 45.8 Å². The second-order valence-corrected chi connectivity index (χ2v) is 7.33. The molecule has 2 atom stereocenters. The molecule has 0 aromatic rings. The molecule has 3 fully saturated rings. The maximum atomic E-state index is 6.04. The Labute approximate surface area is 130 Å². The van der Waals surface area contributed by atoms with Gasteiger partial charge >= 0.3 is 0 Å². The van der Waals surface area contributed by atoms with Gasteiger partial charge in [0.15, 0.2) is 0 Å². The Hall–Kier alpha value is -0.160.